The van der Waals surface area contributed by atoms with Gasteiger partial charge in [0.1, 0.15) is 0 Å². The molecular formula is C18H25N. The van der Waals surface area contributed by atoms with Gasteiger partial charge in [-0.2, -0.15) is 0 Å². The van der Waals surface area contributed by atoms with Crippen molar-refractivity contribution in [1.29, 1.82) is 0 Å². The van der Waals surface area contributed by atoms with E-state index in [4.69, 9.17) is 6.42 Å². The number of hydrogen-bond acceptors (Lipinski definition) is 1. The van der Waals surface area contributed by atoms with Crippen molar-refractivity contribution in [3.05, 3.63) is 35.4 Å². The van der Waals surface area contributed by atoms with Crippen LogP contribution in [0.2, 0.25) is 0 Å². The van der Waals surface area contributed by atoms with E-state index in [0.717, 1.165) is 19.5 Å². The van der Waals surface area contributed by atoms with Gasteiger partial charge < -0.3 is 0 Å². The van der Waals surface area contributed by atoms with Crippen LogP contribution in [0.3, 0.4) is 0 Å². The molecule has 0 saturated heterocycles. The van der Waals surface area contributed by atoms with Crippen LogP contribution in [0.5, 0.6) is 0 Å². The monoisotopic (exact) mass is 255 g/mol. The normalized spacial score (nSPS) is 18.8. The largest absolute Gasteiger partial charge is 0.285 e. The molecule has 0 amide bonds. The van der Waals surface area contributed by atoms with Crippen molar-refractivity contribution in [1.82, 2.24) is 4.90 Å². The Morgan fingerprint density at radius 3 is 2.89 bits per heavy atom. The smallest absolute Gasteiger partial charge is 0.0604 e. The SMILES string of the molecule is C#CCN1CCc2ccccc2C1CCCCCC. The minimum atomic E-state index is 0.540. The first-order valence-corrected chi connectivity index (χ1v) is 7.62. The predicted molar refractivity (Wildman–Crippen MR) is 82.1 cm³/mol. The van der Waals surface area contributed by atoms with Crippen LogP contribution in [0.15, 0.2) is 24.3 Å². The van der Waals surface area contributed by atoms with Crippen LogP contribution in [0.4, 0.5) is 0 Å². The molecule has 1 heteroatoms. The lowest BCUT2D eigenvalue weighted by atomic mass is 9.89. The van der Waals surface area contributed by atoms with Crippen molar-refractivity contribution < 1.29 is 0 Å². The molecule has 0 N–H and O–H groups in total. The highest BCUT2D eigenvalue weighted by molar-refractivity contribution is 5.32. The summed E-state index contributed by atoms with van der Waals surface area (Å²) in [6.45, 7) is 4.16. The molecule has 0 bridgehead atoms. The van der Waals surface area contributed by atoms with Crippen LogP contribution in [-0.4, -0.2) is 18.0 Å². The molecular weight excluding hydrogens is 230 g/mol. The van der Waals surface area contributed by atoms with Crippen molar-refractivity contribution in [2.45, 2.75) is 51.5 Å². The number of hydrogen-bond donors (Lipinski definition) is 0. The molecule has 0 fully saturated rings. The van der Waals surface area contributed by atoms with Gasteiger partial charge in [-0.05, 0) is 24.0 Å². The second-order valence-corrected chi connectivity index (χ2v) is 5.49. The van der Waals surface area contributed by atoms with E-state index in [2.05, 4.69) is 42.0 Å². The molecule has 0 spiro atoms. The first kappa shape index (κ1) is 14.2. The molecule has 1 nitrogen and oxygen atoms in total. The van der Waals surface area contributed by atoms with E-state index < -0.39 is 0 Å². The molecule has 1 aromatic rings. The predicted octanol–water partition coefficient (Wildman–Crippen LogP) is 4.19. The van der Waals surface area contributed by atoms with Gasteiger partial charge in [-0.3, -0.25) is 4.90 Å². The number of benzene rings is 1. The maximum absolute atomic E-state index is 5.53. The topological polar surface area (TPSA) is 3.24 Å². The number of terminal acetylenes is 1. The van der Waals surface area contributed by atoms with E-state index in [1.165, 1.54) is 43.2 Å². The fourth-order valence-corrected chi connectivity index (χ4v) is 3.11. The van der Waals surface area contributed by atoms with E-state index in [1.54, 1.807) is 0 Å². The van der Waals surface area contributed by atoms with Gasteiger partial charge in [0.2, 0.25) is 0 Å². The summed E-state index contributed by atoms with van der Waals surface area (Å²) in [4.78, 5) is 2.48. The molecule has 0 saturated carbocycles. The molecule has 2 rings (SSSR count). The van der Waals surface area contributed by atoms with Crippen molar-refractivity contribution in [2.75, 3.05) is 13.1 Å². The van der Waals surface area contributed by atoms with E-state index in [9.17, 15) is 0 Å². The molecule has 1 heterocycles. The van der Waals surface area contributed by atoms with Gasteiger partial charge in [-0.25, -0.2) is 0 Å². The van der Waals surface area contributed by atoms with E-state index in [1.807, 2.05) is 0 Å². The third-order valence-electron chi connectivity index (χ3n) is 4.15. The Morgan fingerprint density at radius 2 is 2.11 bits per heavy atom. The molecule has 1 atom stereocenters. The van der Waals surface area contributed by atoms with Gasteiger partial charge in [0.25, 0.3) is 0 Å². The maximum Gasteiger partial charge on any atom is 0.0604 e. The summed E-state index contributed by atoms with van der Waals surface area (Å²) < 4.78 is 0. The summed E-state index contributed by atoms with van der Waals surface area (Å²) in [5, 5.41) is 0. The summed E-state index contributed by atoms with van der Waals surface area (Å²) in [5.41, 5.74) is 3.04. The Balaban J connectivity index is 2.07. The van der Waals surface area contributed by atoms with E-state index in [0.29, 0.717) is 6.04 Å². The number of rotatable bonds is 6. The lowest BCUT2D eigenvalue weighted by Gasteiger charge is -2.36. The molecule has 19 heavy (non-hydrogen) atoms. The quantitative estimate of drug-likeness (QED) is 0.544. The Hall–Kier alpha value is -1.26. The minimum Gasteiger partial charge on any atom is -0.285 e. The average Bonchev–Trinajstić information content (AvgIpc) is 2.45. The molecule has 102 valence electrons. The van der Waals surface area contributed by atoms with Crippen molar-refractivity contribution >= 4 is 0 Å². The Bertz CT molecular complexity index is 430. The van der Waals surface area contributed by atoms with Gasteiger partial charge in [-0.1, -0.05) is 62.8 Å². The zero-order chi connectivity index (χ0) is 13.5. The lowest BCUT2D eigenvalue weighted by molar-refractivity contribution is 0.195. The molecule has 1 aromatic carbocycles. The highest BCUT2D eigenvalue weighted by Crippen LogP contribution is 2.33. The first-order chi connectivity index (χ1) is 9.36. The highest BCUT2D eigenvalue weighted by Gasteiger charge is 2.25. The molecule has 1 unspecified atom stereocenters. The number of unbranched alkanes of at least 4 members (excludes halogenated alkanes) is 3. The van der Waals surface area contributed by atoms with Crippen LogP contribution < -0.4 is 0 Å². The first-order valence-electron chi connectivity index (χ1n) is 7.62. The van der Waals surface area contributed by atoms with Crippen molar-refractivity contribution in [2.24, 2.45) is 0 Å². The second kappa shape index (κ2) is 7.36. The fourth-order valence-electron chi connectivity index (χ4n) is 3.11. The van der Waals surface area contributed by atoms with Gasteiger partial charge in [0, 0.05) is 12.6 Å². The zero-order valence-corrected chi connectivity index (χ0v) is 12.1. The summed E-state index contributed by atoms with van der Waals surface area (Å²) in [6, 6.07) is 9.43. The maximum atomic E-state index is 5.53. The van der Waals surface area contributed by atoms with Crippen LogP contribution in [-0.2, 0) is 6.42 Å². The zero-order valence-electron chi connectivity index (χ0n) is 12.1. The Kier molecular flexibility index (Phi) is 5.48. The van der Waals surface area contributed by atoms with Crippen LogP contribution >= 0.6 is 0 Å². The summed E-state index contributed by atoms with van der Waals surface area (Å²) in [5.74, 6) is 2.83. The highest BCUT2D eigenvalue weighted by atomic mass is 15.2. The molecule has 1 aliphatic heterocycles. The van der Waals surface area contributed by atoms with Crippen LogP contribution in [0.1, 0.15) is 56.2 Å². The summed E-state index contributed by atoms with van der Waals surface area (Å²) >= 11 is 0. The fraction of sp³-hybridized carbons (Fsp3) is 0.556. The number of nitrogens with zero attached hydrogens (tertiary/aromatic N) is 1. The number of fused-ring (bicyclic) bond motifs is 1. The average molecular weight is 255 g/mol. The van der Waals surface area contributed by atoms with E-state index in [-0.39, 0.29) is 0 Å². The summed E-state index contributed by atoms with van der Waals surface area (Å²) in [7, 11) is 0. The van der Waals surface area contributed by atoms with Crippen LogP contribution in [0.25, 0.3) is 0 Å². The molecule has 1 aliphatic rings. The van der Waals surface area contributed by atoms with Gasteiger partial charge >= 0.3 is 0 Å². The third kappa shape index (κ3) is 3.61. The Labute approximate surface area is 118 Å². The van der Waals surface area contributed by atoms with Crippen molar-refractivity contribution in [3.63, 3.8) is 0 Å². The minimum absolute atomic E-state index is 0.540. The summed E-state index contributed by atoms with van der Waals surface area (Å²) in [6.07, 6.45) is 13.2. The third-order valence-corrected chi connectivity index (χ3v) is 4.15. The molecule has 0 radical (unpaired) electrons. The van der Waals surface area contributed by atoms with Gasteiger partial charge in [0.15, 0.2) is 0 Å². The Morgan fingerprint density at radius 1 is 1.26 bits per heavy atom. The standard InChI is InChI=1S/C18H25N/c1-3-5-6-7-12-18-17-11-9-8-10-16(17)13-15-19(18)14-4-2/h2,8-11,18H,3,5-7,12-15H2,1H3. The van der Waals surface area contributed by atoms with Crippen LogP contribution in [0, 0.1) is 12.3 Å². The molecule has 0 aromatic heterocycles. The second-order valence-electron chi connectivity index (χ2n) is 5.49. The van der Waals surface area contributed by atoms with E-state index >= 15 is 0 Å². The molecule has 0 aliphatic carbocycles. The van der Waals surface area contributed by atoms with Gasteiger partial charge in [0.05, 0.1) is 6.54 Å². The lowest BCUT2D eigenvalue weighted by Crippen LogP contribution is -2.35. The van der Waals surface area contributed by atoms with Gasteiger partial charge in [-0.15, -0.1) is 6.42 Å². The van der Waals surface area contributed by atoms with Crippen molar-refractivity contribution in [3.8, 4) is 12.3 Å².